The summed E-state index contributed by atoms with van der Waals surface area (Å²) in [5.74, 6) is 1.24. The predicted molar refractivity (Wildman–Crippen MR) is 94.1 cm³/mol. The zero-order valence-electron chi connectivity index (χ0n) is 14.1. The lowest BCUT2D eigenvalue weighted by molar-refractivity contribution is -0.136. The summed E-state index contributed by atoms with van der Waals surface area (Å²) in [4.78, 5) is 14.6. The second kappa shape index (κ2) is 6.80. The van der Waals surface area contributed by atoms with Crippen LogP contribution in [0.25, 0.3) is 5.69 Å². The quantitative estimate of drug-likeness (QED) is 0.862. The topological polar surface area (TPSA) is 38.1 Å². The summed E-state index contributed by atoms with van der Waals surface area (Å²) in [5.41, 5.74) is 2.39. The fourth-order valence-electron chi connectivity index (χ4n) is 4.13. The summed E-state index contributed by atoms with van der Waals surface area (Å²) >= 11 is 0. The lowest BCUT2D eigenvalue weighted by Crippen LogP contribution is -2.40. The number of nitrogens with zero attached hydrogens (tertiary/aromatic N) is 3. The van der Waals surface area contributed by atoms with Gasteiger partial charge in [-0.15, -0.1) is 0 Å². The Labute approximate surface area is 143 Å². The minimum Gasteiger partial charge on any atom is -0.342 e. The highest BCUT2D eigenvalue weighted by Gasteiger charge is 2.30. The highest BCUT2D eigenvalue weighted by molar-refractivity contribution is 5.79. The molecule has 2 heterocycles. The Bertz CT molecular complexity index is 680. The van der Waals surface area contributed by atoms with Crippen molar-refractivity contribution >= 4 is 5.91 Å². The van der Waals surface area contributed by atoms with Crippen LogP contribution < -0.4 is 0 Å². The van der Waals surface area contributed by atoms with Crippen molar-refractivity contribution in [1.29, 1.82) is 0 Å². The summed E-state index contributed by atoms with van der Waals surface area (Å²) in [6.07, 6.45) is 10.9. The molecule has 1 aromatic carbocycles. The maximum atomic E-state index is 12.5. The first kappa shape index (κ1) is 15.4. The molecule has 0 radical (unpaired) electrons. The molecule has 2 fully saturated rings. The Morgan fingerprint density at radius 2 is 1.71 bits per heavy atom. The van der Waals surface area contributed by atoms with Gasteiger partial charge >= 0.3 is 0 Å². The van der Waals surface area contributed by atoms with E-state index in [0.29, 0.717) is 17.7 Å². The van der Waals surface area contributed by atoms with Gasteiger partial charge in [-0.25, -0.2) is 4.68 Å². The van der Waals surface area contributed by atoms with Gasteiger partial charge in [0.2, 0.25) is 5.91 Å². The number of para-hydroxylation sites is 1. The second-order valence-electron chi connectivity index (χ2n) is 7.13. The molecule has 4 nitrogen and oxygen atoms in total. The lowest BCUT2D eigenvalue weighted by Gasteiger charge is -2.33. The molecule has 1 aliphatic heterocycles. The van der Waals surface area contributed by atoms with Crippen molar-refractivity contribution in [2.75, 3.05) is 13.1 Å². The number of hydrogen-bond donors (Lipinski definition) is 0. The van der Waals surface area contributed by atoms with E-state index in [-0.39, 0.29) is 0 Å². The zero-order chi connectivity index (χ0) is 16.4. The molecule has 2 aliphatic rings. The third-order valence-corrected chi connectivity index (χ3v) is 5.61. The molecule has 126 valence electrons. The molecule has 4 rings (SSSR count). The van der Waals surface area contributed by atoms with E-state index in [1.165, 1.54) is 18.4 Å². The molecule has 0 bridgehead atoms. The van der Waals surface area contributed by atoms with Gasteiger partial charge in [-0.3, -0.25) is 4.79 Å². The molecule has 1 aliphatic carbocycles. The first-order chi connectivity index (χ1) is 11.8. The molecule has 1 saturated carbocycles. The van der Waals surface area contributed by atoms with Crippen molar-refractivity contribution in [3.63, 3.8) is 0 Å². The number of likely N-dealkylation sites (tertiary alicyclic amines) is 1. The van der Waals surface area contributed by atoms with Gasteiger partial charge in [0.05, 0.1) is 11.9 Å². The van der Waals surface area contributed by atoms with Crippen LogP contribution in [0.3, 0.4) is 0 Å². The van der Waals surface area contributed by atoms with Gasteiger partial charge in [-0.05, 0) is 49.3 Å². The molecule has 1 saturated heterocycles. The maximum absolute atomic E-state index is 12.5. The largest absolute Gasteiger partial charge is 0.342 e. The van der Waals surface area contributed by atoms with Gasteiger partial charge < -0.3 is 4.90 Å². The van der Waals surface area contributed by atoms with Crippen molar-refractivity contribution in [3.05, 3.63) is 48.3 Å². The summed E-state index contributed by atoms with van der Waals surface area (Å²) < 4.78 is 1.95. The van der Waals surface area contributed by atoms with Crippen LogP contribution in [-0.2, 0) is 4.79 Å². The van der Waals surface area contributed by atoms with E-state index in [1.807, 2.05) is 29.1 Å². The molecular weight excluding hydrogens is 298 g/mol. The monoisotopic (exact) mass is 323 g/mol. The Balaban J connectivity index is 1.38. The molecule has 0 N–H and O–H groups in total. The molecule has 2 aromatic rings. The van der Waals surface area contributed by atoms with Crippen molar-refractivity contribution in [2.24, 2.45) is 5.92 Å². The predicted octanol–water partition coefficient (Wildman–Crippen LogP) is 3.77. The number of benzene rings is 1. The van der Waals surface area contributed by atoms with Crippen LogP contribution >= 0.6 is 0 Å². The van der Waals surface area contributed by atoms with E-state index in [4.69, 9.17) is 0 Å². The fraction of sp³-hybridized carbons (Fsp3) is 0.500. The summed E-state index contributed by atoms with van der Waals surface area (Å²) in [5, 5.41) is 4.51. The van der Waals surface area contributed by atoms with Crippen molar-refractivity contribution < 1.29 is 4.79 Å². The number of carbonyl (C=O) groups excluding carboxylic acids is 1. The van der Waals surface area contributed by atoms with E-state index in [9.17, 15) is 4.79 Å². The van der Waals surface area contributed by atoms with Gasteiger partial charge in [0.25, 0.3) is 0 Å². The van der Waals surface area contributed by atoms with E-state index < -0.39 is 0 Å². The third kappa shape index (κ3) is 3.10. The van der Waals surface area contributed by atoms with Gasteiger partial charge in [-0.2, -0.15) is 5.10 Å². The molecule has 4 heteroatoms. The number of piperidine rings is 1. The zero-order valence-corrected chi connectivity index (χ0v) is 14.1. The van der Waals surface area contributed by atoms with Crippen LogP contribution in [0.1, 0.15) is 50.0 Å². The van der Waals surface area contributed by atoms with E-state index >= 15 is 0 Å². The van der Waals surface area contributed by atoms with Gasteiger partial charge in [-0.1, -0.05) is 31.0 Å². The molecule has 1 aromatic heterocycles. The summed E-state index contributed by atoms with van der Waals surface area (Å²) in [6, 6.07) is 10.2. The minimum absolute atomic E-state index is 0.308. The number of rotatable bonds is 3. The number of amides is 1. The summed E-state index contributed by atoms with van der Waals surface area (Å²) in [7, 11) is 0. The smallest absolute Gasteiger partial charge is 0.225 e. The summed E-state index contributed by atoms with van der Waals surface area (Å²) in [6.45, 7) is 1.80. The molecule has 0 spiro atoms. The highest BCUT2D eigenvalue weighted by Crippen LogP contribution is 2.31. The Morgan fingerprint density at radius 1 is 1.00 bits per heavy atom. The molecular formula is C20H25N3O. The van der Waals surface area contributed by atoms with Crippen molar-refractivity contribution in [2.45, 2.75) is 44.4 Å². The normalized spacial score (nSPS) is 19.8. The first-order valence-electron chi connectivity index (χ1n) is 9.20. The van der Waals surface area contributed by atoms with Crippen LogP contribution in [-0.4, -0.2) is 33.7 Å². The van der Waals surface area contributed by atoms with Crippen LogP contribution in [0, 0.1) is 5.92 Å². The minimum atomic E-state index is 0.308. The Morgan fingerprint density at radius 3 is 2.42 bits per heavy atom. The molecule has 0 unspecified atom stereocenters. The Hall–Kier alpha value is -2.10. The first-order valence-corrected chi connectivity index (χ1v) is 9.20. The number of hydrogen-bond acceptors (Lipinski definition) is 2. The van der Waals surface area contributed by atoms with Gasteiger partial charge in [0, 0.05) is 25.2 Å². The second-order valence-corrected chi connectivity index (χ2v) is 7.13. The molecule has 0 atom stereocenters. The average Bonchev–Trinajstić information content (AvgIpc) is 3.34. The van der Waals surface area contributed by atoms with Crippen LogP contribution in [0.15, 0.2) is 42.7 Å². The number of aromatic nitrogens is 2. The van der Waals surface area contributed by atoms with Gasteiger partial charge in [0.1, 0.15) is 0 Å². The Kier molecular flexibility index (Phi) is 4.37. The standard InChI is InChI=1S/C20H25N3O/c24-20(17-6-4-5-7-17)22-12-10-16(11-13-22)18-14-21-23(15-18)19-8-2-1-3-9-19/h1-3,8-9,14-17H,4-7,10-13H2. The fourth-order valence-corrected chi connectivity index (χ4v) is 4.13. The van der Waals surface area contributed by atoms with Crippen LogP contribution in [0.4, 0.5) is 0 Å². The van der Waals surface area contributed by atoms with E-state index in [2.05, 4.69) is 28.3 Å². The molecule has 1 amide bonds. The van der Waals surface area contributed by atoms with Crippen molar-refractivity contribution in [3.8, 4) is 5.69 Å². The molecule has 24 heavy (non-hydrogen) atoms. The number of carbonyl (C=O) groups is 1. The highest BCUT2D eigenvalue weighted by atomic mass is 16.2. The third-order valence-electron chi connectivity index (χ3n) is 5.61. The maximum Gasteiger partial charge on any atom is 0.225 e. The van der Waals surface area contributed by atoms with Crippen molar-refractivity contribution in [1.82, 2.24) is 14.7 Å². The average molecular weight is 323 g/mol. The van der Waals surface area contributed by atoms with Gasteiger partial charge in [0.15, 0.2) is 0 Å². The SMILES string of the molecule is O=C(C1CCCC1)N1CCC(c2cnn(-c3ccccc3)c2)CC1. The van der Waals surface area contributed by atoms with Crippen LogP contribution in [0.2, 0.25) is 0 Å². The van der Waals surface area contributed by atoms with E-state index in [1.54, 1.807) is 0 Å². The van der Waals surface area contributed by atoms with Crippen LogP contribution in [0.5, 0.6) is 0 Å². The van der Waals surface area contributed by atoms with E-state index in [0.717, 1.165) is 44.5 Å². The lowest BCUT2D eigenvalue weighted by atomic mass is 9.91.